The number of Topliss-reactive ketones (excluding diaryl/α,β-unsaturated/α-hetero) is 1. The lowest BCUT2D eigenvalue weighted by atomic mass is 9.83. The highest BCUT2D eigenvalue weighted by atomic mass is 16.1. The predicted molar refractivity (Wildman–Crippen MR) is 115 cm³/mol. The smallest absolute Gasteiger partial charge is 0.157 e. The molecule has 2 bridgehead atoms. The summed E-state index contributed by atoms with van der Waals surface area (Å²) >= 11 is 0. The summed E-state index contributed by atoms with van der Waals surface area (Å²) in [6.45, 7) is 10.6. The zero-order valence-electron chi connectivity index (χ0n) is 17.7. The summed E-state index contributed by atoms with van der Waals surface area (Å²) in [5, 5.41) is 3.66. The summed E-state index contributed by atoms with van der Waals surface area (Å²) < 4.78 is 0. The monoisotopic (exact) mass is 381 g/mol. The Morgan fingerprint density at radius 3 is 2.68 bits per heavy atom. The molecule has 4 atom stereocenters. The van der Waals surface area contributed by atoms with Crippen molar-refractivity contribution in [2.45, 2.75) is 70.5 Å². The number of piperidine rings is 1. The highest BCUT2D eigenvalue weighted by Crippen LogP contribution is 2.40. The normalized spacial score (nSPS) is 35.2. The molecule has 3 saturated heterocycles. The van der Waals surface area contributed by atoms with Crippen LogP contribution >= 0.6 is 0 Å². The molecule has 0 aromatic heterocycles. The Labute approximate surface area is 169 Å². The molecule has 3 fully saturated rings. The van der Waals surface area contributed by atoms with Crippen molar-refractivity contribution < 1.29 is 4.79 Å². The van der Waals surface area contributed by atoms with Crippen LogP contribution < -0.4 is 5.32 Å². The zero-order valence-corrected chi connectivity index (χ0v) is 17.7. The molecule has 0 amide bonds. The molecule has 4 heteroatoms. The van der Waals surface area contributed by atoms with Crippen molar-refractivity contribution in [2.24, 2.45) is 16.8 Å². The van der Waals surface area contributed by atoms with Crippen LogP contribution in [0.4, 0.5) is 0 Å². The van der Waals surface area contributed by atoms with E-state index < -0.39 is 0 Å². The number of carbonyl (C=O) groups excluding carboxylic acids is 1. The van der Waals surface area contributed by atoms with Gasteiger partial charge in [-0.15, -0.1) is 0 Å². The molecule has 152 valence electrons. The molecule has 3 aliphatic rings. The number of benzene rings is 1. The number of fused-ring (bicyclic) bond motifs is 2. The third kappa shape index (κ3) is 3.69. The Kier molecular flexibility index (Phi) is 5.45. The second kappa shape index (κ2) is 7.72. The van der Waals surface area contributed by atoms with E-state index in [1.165, 1.54) is 17.7 Å². The Morgan fingerprint density at radius 1 is 1.18 bits per heavy atom. The largest absolute Gasteiger partial charge is 0.306 e. The third-order valence-electron chi connectivity index (χ3n) is 7.35. The van der Waals surface area contributed by atoms with E-state index in [0.717, 1.165) is 51.9 Å². The summed E-state index contributed by atoms with van der Waals surface area (Å²) in [6.07, 6.45) is 5.57. The number of hydrogen-bond acceptors (Lipinski definition) is 4. The van der Waals surface area contributed by atoms with Gasteiger partial charge in [-0.1, -0.05) is 43.2 Å². The van der Waals surface area contributed by atoms with Gasteiger partial charge in [0, 0.05) is 30.6 Å². The summed E-state index contributed by atoms with van der Waals surface area (Å²) in [5.41, 5.74) is 2.40. The van der Waals surface area contributed by atoms with E-state index in [4.69, 9.17) is 4.99 Å². The topological polar surface area (TPSA) is 44.7 Å². The Hall–Kier alpha value is -1.52. The van der Waals surface area contributed by atoms with Gasteiger partial charge in [-0.2, -0.15) is 0 Å². The summed E-state index contributed by atoms with van der Waals surface area (Å²) in [6, 6.07) is 10.5. The number of nitrogens with one attached hydrogen (secondary N) is 1. The molecule has 0 spiro atoms. The second-order valence-electron chi connectivity index (χ2n) is 9.71. The summed E-state index contributed by atoms with van der Waals surface area (Å²) in [7, 11) is 0. The molecule has 3 heterocycles. The molecule has 4 nitrogen and oxygen atoms in total. The van der Waals surface area contributed by atoms with Gasteiger partial charge in [0.15, 0.2) is 5.78 Å². The number of carbonyl (C=O) groups is 1. The average Bonchev–Trinajstić information content (AvgIpc) is 3.34. The lowest BCUT2D eigenvalue weighted by molar-refractivity contribution is -0.129. The Bertz CT molecular complexity index is 741. The van der Waals surface area contributed by atoms with Gasteiger partial charge < -0.3 is 5.32 Å². The fraction of sp³-hybridized carbons (Fsp3) is 0.667. The van der Waals surface area contributed by atoms with Gasteiger partial charge in [0.25, 0.3) is 0 Å². The van der Waals surface area contributed by atoms with Gasteiger partial charge in [-0.05, 0) is 52.1 Å². The quantitative estimate of drug-likeness (QED) is 0.730. The molecule has 0 radical (unpaired) electrons. The lowest BCUT2D eigenvalue weighted by Gasteiger charge is -2.35. The summed E-state index contributed by atoms with van der Waals surface area (Å²) in [4.78, 5) is 20.1. The number of aliphatic imine (C=N–C) groups is 1. The van der Waals surface area contributed by atoms with Gasteiger partial charge in [0.2, 0.25) is 0 Å². The van der Waals surface area contributed by atoms with Crippen LogP contribution in [-0.2, 0) is 11.3 Å². The SMILES string of the molecule is CC1(C)NCC(CCCCC2(C)C(=O)C3CCN2C3)/C1=N/Cc1ccccc1. The van der Waals surface area contributed by atoms with E-state index in [2.05, 4.69) is 61.3 Å². The van der Waals surface area contributed by atoms with Crippen LogP contribution in [0.3, 0.4) is 0 Å². The molecule has 0 saturated carbocycles. The van der Waals surface area contributed by atoms with Crippen molar-refractivity contribution in [1.82, 2.24) is 10.2 Å². The molecule has 28 heavy (non-hydrogen) atoms. The maximum atomic E-state index is 12.6. The third-order valence-corrected chi connectivity index (χ3v) is 7.35. The van der Waals surface area contributed by atoms with Crippen LogP contribution in [0.2, 0.25) is 0 Å². The van der Waals surface area contributed by atoms with Crippen molar-refractivity contribution in [2.75, 3.05) is 19.6 Å². The number of nitrogens with zero attached hydrogens (tertiary/aromatic N) is 2. The van der Waals surface area contributed by atoms with Crippen LogP contribution in [-0.4, -0.2) is 47.1 Å². The van der Waals surface area contributed by atoms with E-state index in [9.17, 15) is 4.79 Å². The van der Waals surface area contributed by atoms with Crippen molar-refractivity contribution in [3.63, 3.8) is 0 Å². The molecule has 1 aromatic rings. The number of ketones is 1. The van der Waals surface area contributed by atoms with E-state index >= 15 is 0 Å². The first kappa shape index (κ1) is 19.8. The molecule has 4 unspecified atom stereocenters. The molecular weight excluding hydrogens is 346 g/mol. The lowest BCUT2D eigenvalue weighted by Crippen LogP contribution is -2.48. The Balaban J connectivity index is 1.31. The number of rotatable bonds is 7. The zero-order chi connectivity index (χ0) is 19.8. The molecule has 3 aliphatic heterocycles. The molecule has 0 aliphatic carbocycles. The first-order chi connectivity index (χ1) is 13.4. The molecule has 4 rings (SSSR count). The van der Waals surface area contributed by atoms with Gasteiger partial charge >= 0.3 is 0 Å². The minimum Gasteiger partial charge on any atom is -0.306 e. The van der Waals surface area contributed by atoms with E-state index in [0.29, 0.717) is 17.6 Å². The van der Waals surface area contributed by atoms with Gasteiger partial charge in [-0.3, -0.25) is 14.7 Å². The highest BCUT2D eigenvalue weighted by Gasteiger charge is 2.52. The van der Waals surface area contributed by atoms with E-state index in [1.807, 2.05) is 0 Å². The van der Waals surface area contributed by atoms with E-state index in [1.54, 1.807) is 0 Å². The van der Waals surface area contributed by atoms with Crippen LogP contribution in [0.5, 0.6) is 0 Å². The van der Waals surface area contributed by atoms with Gasteiger partial charge in [0.05, 0.1) is 17.6 Å². The highest BCUT2D eigenvalue weighted by molar-refractivity contribution is 5.97. The molecular formula is C24H35N3O. The average molecular weight is 382 g/mol. The first-order valence-electron chi connectivity index (χ1n) is 11.0. The minimum atomic E-state index is -0.180. The fourth-order valence-corrected chi connectivity index (χ4v) is 5.56. The minimum absolute atomic E-state index is 0.0162. The number of hydrogen-bond donors (Lipinski definition) is 1. The van der Waals surface area contributed by atoms with Crippen molar-refractivity contribution in [1.29, 1.82) is 0 Å². The number of unbranched alkanes of at least 4 members (excludes halogenated alkanes) is 1. The van der Waals surface area contributed by atoms with Crippen molar-refractivity contribution in [3.8, 4) is 0 Å². The predicted octanol–water partition coefficient (Wildman–Crippen LogP) is 3.85. The van der Waals surface area contributed by atoms with Crippen LogP contribution in [0.25, 0.3) is 0 Å². The van der Waals surface area contributed by atoms with Crippen LogP contribution in [0, 0.1) is 11.8 Å². The summed E-state index contributed by atoms with van der Waals surface area (Å²) in [5.74, 6) is 1.34. The second-order valence-corrected chi connectivity index (χ2v) is 9.71. The maximum Gasteiger partial charge on any atom is 0.157 e. The fourth-order valence-electron chi connectivity index (χ4n) is 5.56. The van der Waals surface area contributed by atoms with Crippen LogP contribution in [0.15, 0.2) is 35.3 Å². The standard InChI is InChI=1S/C24H35N3O/c1-23(2)21(25-15-18-9-5-4-6-10-18)19(16-26-23)11-7-8-13-24(3)22(28)20-12-14-27(24)17-20/h4-6,9-10,19-20,26H,7-8,11-17H2,1-3H3/b25-21-. The molecule has 1 aromatic carbocycles. The van der Waals surface area contributed by atoms with Crippen molar-refractivity contribution in [3.05, 3.63) is 35.9 Å². The van der Waals surface area contributed by atoms with Gasteiger partial charge in [0.1, 0.15) is 0 Å². The van der Waals surface area contributed by atoms with Gasteiger partial charge in [-0.25, -0.2) is 0 Å². The van der Waals surface area contributed by atoms with Crippen LogP contribution in [0.1, 0.15) is 58.4 Å². The van der Waals surface area contributed by atoms with Crippen molar-refractivity contribution >= 4 is 11.5 Å². The Morgan fingerprint density at radius 2 is 1.96 bits per heavy atom. The molecule has 1 N–H and O–H groups in total. The maximum absolute atomic E-state index is 12.6. The van der Waals surface area contributed by atoms with E-state index in [-0.39, 0.29) is 11.1 Å². The first-order valence-corrected chi connectivity index (χ1v) is 11.0.